The number of halogens is 13. The predicted octanol–water partition coefficient (Wildman–Crippen LogP) is 17.2. The summed E-state index contributed by atoms with van der Waals surface area (Å²) in [6, 6.07) is 3.04. The lowest BCUT2D eigenvalue weighted by Gasteiger charge is -2.38. The molecule has 430 valence electrons. The molecule has 0 unspecified atom stereocenters. The zero-order valence-electron chi connectivity index (χ0n) is 43.8. The lowest BCUT2D eigenvalue weighted by atomic mass is 9.69. The van der Waals surface area contributed by atoms with Crippen LogP contribution >= 0.6 is 0 Å². The average Bonchev–Trinajstić information content (AvgIpc) is 3.40. The van der Waals surface area contributed by atoms with Gasteiger partial charge in [0.25, 0.3) is 6.29 Å². The molecule has 1 saturated heterocycles. The van der Waals surface area contributed by atoms with Crippen LogP contribution in [0.5, 0.6) is 17.2 Å². The molecule has 9 rings (SSSR count). The highest BCUT2D eigenvalue weighted by molar-refractivity contribution is 5.75. The highest BCUT2D eigenvalue weighted by atomic mass is 19.3. The topological polar surface area (TPSA) is 63.2 Å². The van der Waals surface area contributed by atoms with Crippen molar-refractivity contribution in [2.24, 2.45) is 65.1 Å². The van der Waals surface area contributed by atoms with Gasteiger partial charge in [0.2, 0.25) is 0 Å². The van der Waals surface area contributed by atoms with E-state index in [9.17, 15) is 61.9 Å². The molecule has 19 heteroatoms. The van der Waals surface area contributed by atoms with Gasteiger partial charge in [-0.1, -0.05) is 59.3 Å². The third kappa shape index (κ3) is 16.4. The van der Waals surface area contributed by atoms with Gasteiger partial charge in [-0.05, 0) is 137 Å². The summed E-state index contributed by atoms with van der Waals surface area (Å²) in [5.41, 5.74) is 0. The smallest absolute Gasteiger partial charge is 0.432 e. The molecule has 3 aromatic carbocycles. The van der Waals surface area contributed by atoms with E-state index in [2.05, 4.69) is 30.2 Å². The second-order valence-corrected chi connectivity index (χ2v) is 22.9. The number of ether oxygens (including phenoxy) is 5. The molecule has 1 aliphatic heterocycles. The number of carbonyl (C=O) groups is 1. The number of hydrogen-bond acceptors (Lipinski definition) is 6. The van der Waals surface area contributed by atoms with Crippen molar-refractivity contribution in [2.45, 2.75) is 168 Å². The monoisotopic (exact) mass is 1110 g/mol. The van der Waals surface area contributed by atoms with Crippen molar-refractivity contribution >= 4 is 5.97 Å². The van der Waals surface area contributed by atoms with Gasteiger partial charge >= 0.3 is 18.2 Å². The fourth-order valence-corrected chi connectivity index (χ4v) is 12.4. The van der Waals surface area contributed by atoms with Crippen LogP contribution in [0, 0.1) is 117 Å². The molecule has 6 aliphatic rings. The van der Waals surface area contributed by atoms with Crippen LogP contribution in [0.25, 0.3) is 0 Å². The van der Waals surface area contributed by atoms with E-state index in [0.717, 1.165) is 82.0 Å². The molecule has 0 bridgehead atoms. The molecule has 77 heavy (non-hydrogen) atoms. The molecule has 3 aromatic rings. The molecule has 6 fully saturated rings. The minimum Gasteiger partial charge on any atom is -0.432 e. The second-order valence-electron chi connectivity index (χ2n) is 22.9. The number of alkyl halides is 4. The Hall–Kier alpha value is -4.26. The van der Waals surface area contributed by atoms with Crippen molar-refractivity contribution in [3.05, 3.63) is 88.8 Å². The van der Waals surface area contributed by atoms with Crippen LogP contribution in [0.15, 0.2) is 36.4 Å². The Morgan fingerprint density at radius 2 is 0.688 bits per heavy atom. The Morgan fingerprint density at radius 3 is 1.04 bits per heavy atom. The molecule has 0 radical (unpaired) electrons. The standard InChI is InChI=1S/C20H25F5O.C20H25F3O2.C18H21F5O3/c1-12-2-4-13(5-3-12)14-6-8-15(9-7-14)20(24,25)26-16-10-17(21)19(23)18(22)11-16;1-12-2-4-13(5-3-12)14-6-8-15(9-7-14)20(24)25-16-10-17(21)19(23)18(22)11-16;1-10-2-4-11(5-3-10)12-8-24-17(25-9-12)18(22,23)26-13-6-14(19)16(21)15(20)7-13/h10-15H,2-9H2,1H3;10-15H,2-9H2,1H3;6-7,10-12,17H,2-5,8-9H2,1H3. The Kier molecular flexibility index (Phi) is 21.0. The summed E-state index contributed by atoms with van der Waals surface area (Å²) in [6.07, 6.45) is 10.3. The third-order valence-corrected chi connectivity index (χ3v) is 17.3. The van der Waals surface area contributed by atoms with Crippen LogP contribution in [-0.4, -0.2) is 37.7 Å². The van der Waals surface area contributed by atoms with Crippen LogP contribution in [0.1, 0.15) is 149 Å². The van der Waals surface area contributed by atoms with Crippen molar-refractivity contribution in [1.29, 1.82) is 0 Å². The van der Waals surface area contributed by atoms with Crippen molar-refractivity contribution in [3.8, 4) is 17.2 Å². The summed E-state index contributed by atoms with van der Waals surface area (Å²) < 4.78 is 199. The second kappa shape index (κ2) is 26.8. The van der Waals surface area contributed by atoms with Gasteiger partial charge in [-0.3, -0.25) is 4.79 Å². The van der Waals surface area contributed by atoms with E-state index in [-0.39, 0.29) is 30.8 Å². The summed E-state index contributed by atoms with van der Waals surface area (Å²) in [5.74, 6) is -12.3. The first-order valence-corrected chi connectivity index (χ1v) is 27.5. The number of hydrogen-bond donors (Lipinski definition) is 0. The Labute approximate surface area is 442 Å². The first kappa shape index (κ1) is 60.4. The third-order valence-electron chi connectivity index (χ3n) is 17.3. The molecular weight excluding hydrogens is 1040 g/mol. The van der Waals surface area contributed by atoms with Gasteiger partial charge in [0.1, 0.15) is 17.2 Å². The van der Waals surface area contributed by atoms with E-state index in [4.69, 9.17) is 14.2 Å². The summed E-state index contributed by atoms with van der Waals surface area (Å²) in [4.78, 5) is 12.2. The minimum atomic E-state index is -3.97. The van der Waals surface area contributed by atoms with Crippen molar-refractivity contribution in [1.82, 2.24) is 0 Å². The van der Waals surface area contributed by atoms with E-state index >= 15 is 0 Å². The zero-order chi connectivity index (χ0) is 55.8. The molecule has 0 atom stereocenters. The van der Waals surface area contributed by atoms with Gasteiger partial charge in [-0.25, -0.2) is 39.5 Å². The van der Waals surface area contributed by atoms with Gasteiger partial charge in [0.05, 0.1) is 25.0 Å². The summed E-state index contributed by atoms with van der Waals surface area (Å²) in [5, 5.41) is 0. The highest BCUT2D eigenvalue weighted by Crippen LogP contribution is 2.47. The maximum Gasteiger partial charge on any atom is 0.451 e. The quantitative estimate of drug-likeness (QED) is 0.0825. The van der Waals surface area contributed by atoms with E-state index < -0.39 is 94.2 Å². The fraction of sp³-hybridized carbons (Fsp3) is 0.672. The average molecular weight is 1110 g/mol. The van der Waals surface area contributed by atoms with Crippen LogP contribution in [0.2, 0.25) is 0 Å². The molecule has 0 N–H and O–H groups in total. The fourth-order valence-electron chi connectivity index (χ4n) is 12.4. The van der Waals surface area contributed by atoms with Crippen molar-refractivity contribution in [2.75, 3.05) is 13.2 Å². The molecular formula is C58H71F13O6. The maximum absolute atomic E-state index is 14.4. The molecule has 5 aliphatic carbocycles. The van der Waals surface area contributed by atoms with Crippen LogP contribution in [-0.2, 0) is 14.3 Å². The predicted molar refractivity (Wildman–Crippen MR) is 259 cm³/mol. The molecule has 0 aromatic heterocycles. The van der Waals surface area contributed by atoms with E-state index in [0.29, 0.717) is 78.8 Å². The SMILES string of the molecule is CC1CCC(C2CCC(C(=O)Oc3cc(F)c(F)c(F)c3)CC2)CC1.CC1CCC(C2CCC(C(F)(F)Oc3cc(F)c(F)c(F)c3)CC2)CC1.CC1CCC(C2COC(C(F)(F)Oc3cc(F)c(F)c(F)c3)OC2)CC1. The van der Waals surface area contributed by atoms with Gasteiger partial charge in [0, 0.05) is 42.3 Å². The minimum absolute atomic E-state index is 0.0373. The highest BCUT2D eigenvalue weighted by Gasteiger charge is 2.49. The Bertz CT molecular complexity index is 2200. The summed E-state index contributed by atoms with van der Waals surface area (Å²) in [7, 11) is 0. The Balaban J connectivity index is 0.000000168. The number of carbonyl (C=O) groups excluding carboxylic acids is 1. The number of rotatable bonds is 11. The van der Waals surface area contributed by atoms with Gasteiger partial charge in [-0.15, -0.1) is 0 Å². The lowest BCUT2D eigenvalue weighted by molar-refractivity contribution is -0.354. The zero-order valence-corrected chi connectivity index (χ0v) is 43.8. The molecule has 1 heterocycles. The first-order chi connectivity index (χ1) is 36.5. The van der Waals surface area contributed by atoms with Crippen LogP contribution in [0.3, 0.4) is 0 Å². The van der Waals surface area contributed by atoms with Gasteiger partial charge in [-0.2, -0.15) is 17.6 Å². The van der Waals surface area contributed by atoms with Gasteiger partial charge in [0.15, 0.2) is 52.4 Å². The van der Waals surface area contributed by atoms with E-state index in [1.54, 1.807) is 0 Å². The van der Waals surface area contributed by atoms with Crippen molar-refractivity contribution in [3.63, 3.8) is 0 Å². The molecule has 6 nitrogen and oxygen atoms in total. The number of esters is 1. The Morgan fingerprint density at radius 1 is 0.403 bits per heavy atom. The van der Waals surface area contributed by atoms with Gasteiger partial charge < -0.3 is 23.7 Å². The van der Waals surface area contributed by atoms with E-state index in [1.807, 2.05) is 0 Å². The molecule has 0 amide bonds. The molecule has 5 saturated carbocycles. The normalized spacial score (nSPS) is 30.2. The lowest BCUT2D eigenvalue weighted by Crippen LogP contribution is -2.49. The maximum atomic E-state index is 14.4. The molecule has 0 spiro atoms. The first-order valence-electron chi connectivity index (χ1n) is 27.5. The van der Waals surface area contributed by atoms with Crippen molar-refractivity contribution < 1.29 is 85.6 Å². The van der Waals surface area contributed by atoms with Crippen LogP contribution in [0.4, 0.5) is 57.1 Å². The number of benzene rings is 3. The van der Waals surface area contributed by atoms with E-state index in [1.165, 1.54) is 51.4 Å². The largest absolute Gasteiger partial charge is 0.451 e. The van der Waals surface area contributed by atoms with Crippen LogP contribution < -0.4 is 14.2 Å². The summed E-state index contributed by atoms with van der Waals surface area (Å²) in [6.45, 7) is 6.97. The summed E-state index contributed by atoms with van der Waals surface area (Å²) >= 11 is 0.